The number of hydrogen-bond donors (Lipinski definition) is 0. The second kappa shape index (κ2) is 8.18. The lowest BCUT2D eigenvalue weighted by molar-refractivity contribution is -0.158. The highest BCUT2D eigenvalue weighted by Crippen LogP contribution is 2.21. The van der Waals surface area contributed by atoms with Crippen LogP contribution in [0.15, 0.2) is 30.3 Å². The van der Waals surface area contributed by atoms with Crippen molar-refractivity contribution in [1.82, 2.24) is 9.80 Å². The summed E-state index contributed by atoms with van der Waals surface area (Å²) in [7, 11) is 0. The van der Waals surface area contributed by atoms with Gasteiger partial charge in [0.1, 0.15) is 11.8 Å². The molecule has 5 nitrogen and oxygen atoms in total. The summed E-state index contributed by atoms with van der Waals surface area (Å²) in [5, 5.41) is 0. The maximum absolute atomic E-state index is 12.6. The van der Waals surface area contributed by atoms with Crippen molar-refractivity contribution in [1.29, 1.82) is 0 Å². The second-order valence-corrected chi connectivity index (χ2v) is 6.61. The first kappa shape index (κ1) is 16.8. The van der Waals surface area contributed by atoms with E-state index in [-0.39, 0.29) is 24.5 Å². The lowest BCUT2D eigenvalue weighted by Crippen LogP contribution is -2.65. The Bertz CT molecular complexity index is 561. The van der Waals surface area contributed by atoms with E-state index in [0.717, 1.165) is 25.8 Å². The molecule has 1 aromatic carbocycles. The molecule has 0 radical (unpaired) electrons. The zero-order chi connectivity index (χ0) is 16.8. The number of carbonyl (C=O) groups is 2. The summed E-state index contributed by atoms with van der Waals surface area (Å²) in [6.45, 7) is 2.16. The maximum atomic E-state index is 12.6. The zero-order valence-electron chi connectivity index (χ0n) is 14.2. The first-order valence-corrected chi connectivity index (χ1v) is 9.02. The Morgan fingerprint density at radius 2 is 1.67 bits per heavy atom. The van der Waals surface area contributed by atoms with Crippen LogP contribution in [-0.4, -0.2) is 53.9 Å². The van der Waals surface area contributed by atoms with E-state index < -0.39 is 0 Å². The quantitative estimate of drug-likeness (QED) is 0.800. The molecule has 3 aliphatic rings. The van der Waals surface area contributed by atoms with Crippen LogP contribution in [0.3, 0.4) is 0 Å². The van der Waals surface area contributed by atoms with E-state index in [1.165, 1.54) is 19.3 Å². The molecule has 5 heteroatoms. The molecular weight excluding hydrogens is 304 g/mol. The lowest BCUT2D eigenvalue weighted by Gasteiger charge is -2.44. The van der Waals surface area contributed by atoms with Crippen LogP contribution in [0.2, 0.25) is 0 Å². The third-order valence-corrected chi connectivity index (χ3v) is 4.87. The Kier molecular flexibility index (Phi) is 5.72. The highest BCUT2D eigenvalue weighted by atomic mass is 16.5. The Morgan fingerprint density at radius 3 is 2.38 bits per heavy atom. The fraction of sp³-hybridized carbons (Fsp3) is 0.579. The molecule has 4 rings (SSSR count). The third kappa shape index (κ3) is 4.08. The van der Waals surface area contributed by atoms with E-state index in [2.05, 4.69) is 0 Å². The van der Waals surface area contributed by atoms with Crippen LogP contribution < -0.4 is 4.74 Å². The van der Waals surface area contributed by atoms with Gasteiger partial charge in [-0.25, -0.2) is 0 Å². The standard InChI is InChI=1S/C19H26N2O3/c22-18(15-24-16-10-6-5-7-11-16)21-13-9-4-2-1-3-8-12-20-14-17(21)19(20)23/h5-7,10-11,17H,1-4,8-9,12-15H2/t17-/m0/s1. The Hall–Kier alpha value is -2.04. The molecule has 0 N–H and O–H groups in total. The summed E-state index contributed by atoms with van der Waals surface area (Å²) in [6, 6.07) is 9.05. The Morgan fingerprint density at radius 1 is 1.00 bits per heavy atom. The number of fused-ring (bicyclic) bond motifs is 8. The van der Waals surface area contributed by atoms with Crippen molar-refractivity contribution in [3.05, 3.63) is 30.3 Å². The van der Waals surface area contributed by atoms with Crippen molar-refractivity contribution < 1.29 is 14.3 Å². The zero-order valence-corrected chi connectivity index (χ0v) is 14.2. The summed E-state index contributed by atoms with van der Waals surface area (Å²) in [5.74, 6) is 0.694. The topological polar surface area (TPSA) is 49.9 Å². The predicted octanol–water partition coefficient (Wildman–Crippen LogP) is 2.46. The largest absolute Gasteiger partial charge is 0.484 e. The number of β-lactam (4-membered cyclic amide) rings is 1. The lowest BCUT2D eigenvalue weighted by atomic mass is 10.0. The van der Waals surface area contributed by atoms with Gasteiger partial charge in [0, 0.05) is 13.1 Å². The molecule has 1 atom stereocenters. The van der Waals surface area contributed by atoms with Crippen molar-refractivity contribution in [2.24, 2.45) is 0 Å². The van der Waals surface area contributed by atoms with Gasteiger partial charge in [0.25, 0.3) is 5.91 Å². The highest BCUT2D eigenvalue weighted by Gasteiger charge is 2.42. The Labute approximate surface area is 143 Å². The van der Waals surface area contributed by atoms with Gasteiger partial charge in [-0.2, -0.15) is 0 Å². The smallest absolute Gasteiger partial charge is 0.261 e. The molecular formula is C19H26N2O3. The number of carbonyl (C=O) groups excluding carboxylic acids is 2. The minimum atomic E-state index is -0.281. The van der Waals surface area contributed by atoms with Gasteiger partial charge in [0.2, 0.25) is 5.91 Å². The normalized spacial score (nSPS) is 22.2. The highest BCUT2D eigenvalue weighted by molar-refractivity contribution is 5.92. The van der Waals surface area contributed by atoms with Gasteiger partial charge in [-0.1, -0.05) is 43.9 Å². The number of benzene rings is 1. The molecule has 0 unspecified atom stereocenters. The van der Waals surface area contributed by atoms with Crippen molar-refractivity contribution in [2.75, 3.05) is 26.2 Å². The minimum absolute atomic E-state index is 0.00616. The maximum Gasteiger partial charge on any atom is 0.261 e. The molecule has 2 bridgehead atoms. The molecule has 0 aromatic heterocycles. The van der Waals surface area contributed by atoms with Crippen LogP contribution in [0, 0.1) is 0 Å². The van der Waals surface area contributed by atoms with Gasteiger partial charge in [-0.3, -0.25) is 9.59 Å². The van der Waals surface area contributed by atoms with Gasteiger partial charge in [-0.15, -0.1) is 0 Å². The van der Waals surface area contributed by atoms with E-state index in [4.69, 9.17) is 4.74 Å². The monoisotopic (exact) mass is 330 g/mol. The van der Waals surface area contributed by atoms with Crippen LogP contribution in [0.1, 0.15) is 38.5 Å². The van der Waals surface area contributed by atoms with Gasteiger partial charge in [0.15, 0.2) is 6.61 Å². The average molecular weight is 330 g/mol. The number of rotatable bonds is 3. The van der Waals surface area contributed by atoms with Crippen LogP contribution in [0.25, 0.3) is 0 Å². The predicted molar refractivity (Wildman–Crippen MR) is 91.7 cm³/mol. The first-order chi connectivity index (χ1) is 11.8. The molecule has 3 aliphatic heterocycles. The fourth-order valence-corrected chi connectivity index (χ4v) is 3.40. The SMILES string of the molecule is O=C1[C@@H]2CN1CCCCCCCCN2C(=O)COc1ccccc1. The molecule has 3 fully saturated rings. The molecule has 1 aromatic rings. The number of ether oxygens (including phenoxy) is 1. The van der Waals surface area contributed by atoms with Crippen LogP contribution in [0.5, 0.6) is 5.75 Å². The van der Waals surface area contributed by atoms with E-state index >= 15 is 0 Å². The molecule has 3 saturated heterocycles. The summed E-state index contributed by atoms with van der Waals surface area (Å²) < 4.78 is 5.58. The third-order valence-electron chi connectivity index (χ3n) is 4.87. The van der Waals surface area contributed by atoms with Gasteiger partial charge in [0.05, 0.1) is 6.54 Å². The minimum Gasteiger partial charge on any atom is -0.484 e. The van der Waals surface area contributed by atoms with E-state index in [0.29, 0.717) is 18.8 Å². The summed E-state index contributed by atoms with van der Waals surface area (Å²) in [5.41, 5.74) is 0. The Balaban J connectivity index is 1.59. The van der Waals surface area contributed by atoms with Gasteiger partial charge in [-0.05, 0) is 25.0 Å². The van der Waals surface area contributed by atoms with E-state index in [1.54, 1.807) is 4.90 Å². The molecule has 0 aliphatic carbocycles. The fourth-order valence-electron chi connectivity index (χ4n) is 3.40. The summed E-state index contributed by atoms with van der Waals surface area (Å²) in [4.78, 5) is 28.6. The van der Waals surface area contributed by atoms with Crippen LogP contribution in [0.4, 0.5) is 0 Å². The summed E-state index contributed by atoms with van der Waals surface area (Å²) in [6.07, 6.45) is 6.78. The molecule has 0 spiro atoms. The average Bonchev–Trinajstić information content (AvgIpc) is 2.60. The van der Waals surface area contributed by atoms with Crippen molar-refractivity contribution in [3.63, 3.8) is 0 Å². The van der Waals surface area contributed by atoms with Crippen LogP contribution >= 0.6 is 0 Å². The number of nitrogens with zero attached hydrogens (tertiary/aromatic N) is 2. The molecule has 2 amide bonds. The van der Waals surface area contributed by atoms with E-state index in [1.807, 2.05) is 35.2 Å². The van der Waals surface area contributed by atoms with Crippen molar-refractivity contribution in [2.45, 2.75) is 44.6 Å². The number of amides is 2. The van der Waals surface area contributed by atoms with Crippen molar-refractivity contribution >= 4 is 11.8 Å². The molecule has 130 valence electrons. The first-order valence-electron chi connectivity index (χ1n) is 9.02. The van der Waals surface area contributed by atoms with Gasteiger partial charge >= 0.3 is 0 Å². The number of para-hydroxylation sites is 1. The molecule has 3 heterocycles. The van der Waals surface area contributed by atoms with Crippen molar-refractivity contribution in [3.8, 4) is 5.75 Å². The van der Waals surface area contributed by atoms with Gasteiger partial charge < -0.3 is 14.5 Å². The summed E-state index contributed by atoms with van der Waals surface area (Å²) >= 11 is 0. The van der Waals surface area contributed by atoms with Crippen LogP contribution in [-0.2, 0) is 9.59 Å². The second-order valence-electron chi connectivity index (χ2n) is 6.61. The molecule has 24 heavy (non-hydrogen) atoms. The van der Waals surface area contributed by atoms with E-state index in [9.17, 15) is 9.59 Å². The number of hydrogen-bond acceptors (Lipinski definition) is 3. The molecule has 0 saturated carbocycles.